The molecular formula is C13H20N4O2S. The molecule has 0 radical (unpaired) electrons. The molecule has 20 heavy (non-hydrogen) atoms. The monoisotopic (exact) mass is 296 g/mol. The average Bonchev–Trinajstić information content (AvgIpc) is 2.33. The van der Waals surface area contributed by atoms with Gasteiger partial charge in [-0.1, -0.05) is 18.2 Å². The van der Waals surface area contributed by atoms with Crippen molar-refractivity contribution in [2.24, 2.45) is 15.9 Å². The normalized spacial score (nSPS) is 12.2. The summed E-state index contributed by atoms with van der Waals surface area (Å²) in [5.74, 6) is 0.322. The lowest BCUT2D eigenvalue weighted by Gasteiger charge is -2.07. The summed E-state index contributed by atoms with van der Waals surface area (Å²) < 4.78 is 22.4. The van der Waals surface area contributed by atoms with Crippen LogP contribution in [0.2, 0.25) is 0 Å². The molecule has 110 valence electrons. The number of guanidine groups is 1. The van der Waals surface area contributed by atoms with Crippen molar-refractivity contribution in [2.45, 2.75) is 25.3 Å². The molecule has 7 heteroatoms. The topological polar surface area (TPSA) is 111 Å². The van der Waals surface area contributed by atoms with E-state index in [1.807, 2.05) is 6.92 Å². The van der Waals surface area contributed by atoms with Gasteiger partial charge in [0.05, 0.1) is 11.4 Å². The van der Waals surface area contributed by atoms with Crippen molar-refractivity contribution in [2.75, 3.05) is 6.54 Å². The SMILES string of the molecule is C=C(C)CNC(N)=NCc1ccc(S(N)(=O)=O)cc1C. The van der Waals surface area contributed by atoms with Crippen molar-refractivity contribution in [3.05, 3.63) is 41.5 Å². The van der Waals surface area contributed by atoms with Crippen LogP contribution in [0.1, 0.15) is 18.1 Å². The van der Waals surface area contributed by atoms with Gasteiger partial charge in [0.25, 0.3) is 0 Å². The Hall–Kier alpha value is -1.86. The summed E-state index contributed by atoms with van der Waals surface area (Å²) in [4.78, 5) is 4.27. The molecule has 0 atom stereocenters. The Balaban J connectivity index is 2.79. The highest BCUT2D eigenvalue weighted by Crippen LogP contribution is 2.15. The number of benzene rings is 1. The summed E-state index contributed by atoms with van der Waals surface area (Å²) in [5.41, 5.74) is 8.34. The maximum absolute atomic E-state index is 11.2. The highest BCUT2D eigenvalue weighted by Gasteiger charge is 2.09. The zero-order chi connectivity index (χ0) is 15.3. The van der Waals surface area contributed by atoms with Crippen molar-refractivity contribution in [3.63, 3.8) is 0 Å². The van der Waals surface area contributed by atoms with Crippen molar-refractivity contribution < 1.29 is 8.42 Å². The fourth-order valence-electron chi connectivity index (χ4n) is 1.49. The van der Waals surface area contributed by atoms with Gasteiger partial charge in [0, 0.05) is 6.54 Å². The summed E-state index contributed by atoms with van der Waals surface area (Å²) in [5, 5.41) is 7.99. The number of primary sulfonamides is 1. The third kappa shape index (κ3) is 5.02. The molecule has 0 unspecified atom stereocenters. The van der Waals surface area contributed by atoms with Gasteiger partial charge >= 0.3 is 0 Å². The second-order valence-corrected chi connectivity index (χ2v) is 6.21. The van der Waals surface area contributed by atoms with Gasteiger partial charge in [-0.2, -0.15) is 0 Å². The molecule has 1 aromatic rings. The van der Waals surface area contributed by atoms with E-state index in [0.29, 0.717) is 19.0 Å². The highest BCUT2D eigenvalue weighted by molar-refractivity contribution is 7.89. The quantitative estimate of drug-likeness (QED) is 0.420. The maximum Gasteiger partial charge on any atom is 0.238 e. The summed E-state index contributed by atoms with van der Waals surface area (Å²) in [6.45, 7) is 8.37. The van der Waals surface area contributed by atoms with Gasteiger partial charge in [-0.25, -0.2) is 18.5 Å². The first kappa shape index (κ1) is 16.2. The zero-order valence-corrected chi connectivity index (χ0v) is 12.5. The first-order valence-corrected chi connectivity index (χ1v) is 7.55. The molecule has 0 heterocycles. The van der Waals surface area contributed by atoms with Crippen LogP contribution in [0.25, 0.3) is 0 Å². The first-order valence-electron chi connectivity index (χ1n) is 6.00. The van der Waals surface area contributed by atoms with Gasteiger partial charge in [-0.15, -0.1) is 0 Å². The van der Waals surface area contributed by atoms with Crippen molar-refractivity contribution in [3.8, 4) is 0 Å². The summed E-state index contributed by atoms with van der Waals surface area (Å²) in [6, 6.07) is 4.67. The summed E-state index contributed by atoms with van der Waals surface area (Å²) >= 11 is 0. The van der Waals surface area contributed by atoms with Crippen LogP contribution in [-0.2, 0) is 16.6 Å². The maximum atomic E-state index is 11.2. The number of nitrogens with two attached hydrogens (primary N) is 2. The lowest BCUT2D eigenvalue weighted by atomic mass is 10.1. The van der Waals surface area contributed by atoms with E-state index >= 15 is 0 Å². The molecule has 0 saturated carbocycles. The van der Waals surface area contributed by atoms with Gasteiger partial charge in [0.1, 0.15) is 0 Å². The van der Waals surface area contributed by atoms with Crippen LogP contribution in [-0.4, -0.2) is 20.9 Å². The molecule has 1 rings (SSSR count). The van der Waals surface area contributed by atoms with Gasteiger partial charge in [-0.05, 0) is 37.1 Å². The molecular weight excluding hydrogens is 276 g/mol. The van der Waals surface area contributed by atoms with E-state index in [9.17, 15) is 8.42 Å². The van der Waals surface area contributed by atoms with E-state index in [4.69, 9.17) is 10.9 Å². The van der Waals surface area contributed by atoms with Crippen LogP contribution in [0.5, 0.6) is 0 Å². The lowest BCUT2D eigenvalue weighted by molar-refractivity contribution is 0.597. The van der Waals surface area contributed by atoms with Crippen LogP contribution >= 0.6 is 0 Å². The Morgan fingerprint density at radius 3 is 2.60 bits per heavy atom. The predicted molar refractivity (Wildman–Crippen MR) is 80.7 cm³/mol. The zero-order valence-electron chi connectivity index (χ0n) is 11.7. The smallest absolute Gasteiger partial charge is 0.238 e. The van der Waals surface area contributed by atoms with Crippen molar-refractivity contribution >= 4 is 16.0 Å². The number of sulfonamides is 1. The molecule has 0 aromatic heterocycles. The Kier molecular flexibility index (Phi) is 5.29. The molecule has 1 aromatic carbocycles. The van der Waals surface area contributed by atoms with Crippen molar-refractivity contribution in [1.82, 2.24) is 5.32 Å². The number of aryl methyl sites for hydroxylation is 1. The summed E-state index contributed by atoms with van der Waals surface area (Å²) in [7, 11) is -3.67. The molecule has 0 fully saturated rings. The van der Waals surface area contributed by atoms with E-state index in [0.717, 1.165) is 16.7 Å². The van der Waals surface area contributed by atoms with Crippen LogP contribution < -0.4 is 16.2 Å². The Morgan fingerprint density at radius 2 is 2.10 bits per heavy atom. The van der Waals surface area contributed by atoms with E-state index in [2.05, 4.69) is 16.9 Å². The van der Waals surface area contributed by atoms with E-state index < -0.39 is 10.0 Å². The van der Waals surface area contributed by atoms with Crippen LogP contribution in [0.15, 0.2) is 40.2 Å². The molecule has 5 N–H and O–H groups in total. The van der Waals surface area contributed by atoms with Crippen LogP contribution in [0, 0.1) is 6.92 Å². The predicted octanol–water partition coefficient (Wildman–Crippen LogP) is 0.623. The first-order chi connectivity index (χ1) is 9.20. The molecule has 0 aliphatic rings. The van der Waals surface area contributed by atoms with E-state index in [1.54, 1.807) is 13.0 Å². The Bertz CT molecular complexity index is 636. The molecule has 0 spiro atoms. The lowest BCUT2D eigenvalue weighted by Crippen LogP contribution is -2.32. The fourth-order valence-corrected chi connectivity index (χ4v) is 2.09. The summed E-state index contributed by atoms with van der Waals surface area (Å²) in [6.07, 6.45) is 0. The van der Waals surface area contributed by atoms with Gasteiger partial charge in [0.15, 0.2) is 5.96 Å². The number of hydrogen-bond acceptors (Lipinski definition) is 3. The Morgan fingerprint density at radius 1 is 1.45 bits per heavy atom. The highest BCUT2D eigenvalue weighted by atomic mass is 32.2. The minimum Gasteiger partial charge on any atom is -0.370 e. The molecule has 0 saturated heterocycles. The number of hydrogen-bond donors (Lipinski definition) is 3. The van der Waals surface area contributed by atoms with Crippen LogP contribution in [0.4, 0.5) is 0 Å². The molecule has 0 aliphatic heterocycles. The number of aliphatic imine (C=N–C) groups is 1. The number of nitrogens with one attached hydrogen (secondary N) is 1. The van der Waals surface area contributed by atoms with Crippen LogP contribution in [0.3, 0.4) is 0 Å². The second kappa shape index (κ2) is 6.53. The third-order valence-corrected chi connectivity index (χ3v) is 3.54. The largest absolute Gasteiger partial charge is 0.370 e. The van der Waals surface area contributed by atoms with Gasteiger partial charge in [0.2, 0.25) is 10.0 Å². The number of rotatable bonds is 5. The van der Waals surface area contributed by atoms with Gasteiger partial charge < -0.3 is 11.1 Å². The standard InChI is InChI=1S/C13H20N4O2S/c1-9(2)7-16-13(14)17-8-11-4-5-12(6-10(11)3)20(15,18)19/h4-6H,1,7-8H2,2-3H3,(H3,14,16,17)(H2,15,18,19). The van der Waals surface area contributed by atoms with Gasteiger partial charge in [-0.3, -0.25) is 0 Å². The van der Waals surface area contributed by atoms with E-state index in [1.165, 1.54) is 12.1 Å². The minimum atomic E-state index is -3.67. The third-order valence-electron chi connectivity index (χ3n) is 2.63. The molecule has 6 nitrogen and oxygen atoms in total. The van der Waals surface area contributed by atoms with E-state index in [-0.39, 0.29) is 4.90 Å². The average molecular weight is 296 g/mol. The molecule has 0 amide bonds. The van der Waals surface area contributed by atoms with Crippen molar-refractivity contribution in [1.29, 1.82) is 0 Å². The molecule has 0 bridgehead atoms. The number of nitrogens with zero attached hydrogens (tertiary/aromatic N) is 1. The second-order valence-electron chi connectivity index (χ2n) is 4.65. The minimum absolute atomic E-state index is 0.0936. The fraction of sp³-hybridized carbons (Fsp3) is 0.308. The Labute approximate surface area is 119 Å². The molecule has 0 aliphatic carbocycles.